The third-order valence-corrected chi connectivity index (χ3v) is 3.86. The Labute approximate surface area is 92.2 Å². The molecule has 2 aliphatic rings. The lowest BCUT2D eigenvalue weighted by atomic mass is 10.0. The molecule has 0 unspecified atom stereocenters. The van der Waals surface area contributed by atoms with Crippen LogP contribution in [0.4, 0.5) is 0 Å². The van der Waals surface area contributed by atoms with E-state index in [0.717, 1.165) is 32.5 Å². The number of nitrogens with one attached hydrogen (secondary N) is 1. The molecule has 0 spiro atoms. The predicted octanol–water partition coefficient (Wildman–Crippen LogP) is 1.39. The lowest BCUT2D eigenvalue weighted by Crippen LogP contribution is -2.45. The monoisotopic (exact) mass is 210 g/mol. The van der Waals surface area contributed by atoms with Crippen LogP contribution in [0.3, 0.4) is 0 Å². The van der Waals surface area contributed by atoms with E-state index < -0.39 is 0 Å². The SMILES string of the molecule is CC(=O)N1CCC(NCC2(C)CC2)CC1. The smallest absolute Gasteiger partial charge is 0.219 e. The van der Waals surface area contributed by atoms with Crippen molar-refractivity contribution in [2.75, 3.05) is 19.6 Å². The van der Waals surface area contributed by atoms with E-state index in [0.29, 0.717) is 11.5 Å². The molecule has 0 aromatic heterocycles. The Morgan fingerprint density at radius 2 is 2.00 bits per heavy atom. The number of likely N-dealkylation sites (tertiary alicyclic amines) is 1. The first-order valence-electron chi connectivity index (χ1n) is 6.08. The zero-order chi connectivity index (χ0) is 10.9. The zero-order valence-corrected chi connectivity index (χ0v) is 9.88. The minimum Gasteiger partial charge on any atom is -0.343 e. The van der Waals surface area contributed by atoms with Crippen molar-refractivity contribution in [3.63, 3.8) is 0 Å². The minimum atomic E-state index is 0.225. The lowest BCUT2D eigenvalue weighted by Gasteiger charge is -2.32. The summed E-state index contributed by atoms with van der Waals surface area (Å²) < 4.78 is 0. The van der Waals surface area contributed by atoms with Crippen LogP contribution in [-0.4, -0.2) is 36.5 Å². The Kier molecular flexibility index (Phi) is 3.01. The van der Waals surface area contributed by atoms with Gasteiger partial charge in [0.05, 0.1) is 0 Å². The third kappa shape index (κ3) is 2.94. The highest BCUT2D eigenvalue weighted by atomic mass is 16.2. The Morgan fingerprint density at radius 1 is 1.40 bits per heavy atom. The van der Waals surface area contributed by atoms with Gasteiger partial charge in [-0.15, -0.1) is 0 Å². The third-order valence-electron chi connectivity index (χ3n) is 3.86. The van der Waals surface area contributed by atoms with Crippen molar-refractivity contribution in [3.05, 3.63) is 0 Å². The van der Waals surface area contributed by atoms with Crippen molar-refractivity contribution in [1.82, 2.24) is 10.2 Å². The van der Waals surface area contributed by atoms with Gasteiger partial charge in [-0.2, -0.15) is 0 Å². The summed E-state index contributed by atoms with van der Waals surface area (Å²) in [7, 11) is 0. The normalized spacial score (nSPS) is 25.3. The van der Waals surface area contributed by atoms with E-state index in [9.17, 15) is 4.79 Å². The molecule has 2 fully saturated rings. The average molecular weight is 210 g/mol. The second-order valence-electron chi connectivity index (χ2n) is 5.47. The molecule has 1 heterocycles. The lowest BCUT2D eigenvalue weighted by molar-refractivity contribution is -0.129. The fourth-order valence-electron chi connectivity index (χ4n) is 2.18. The van der Waals surface area contributed by atoms with Gasteiger partial charge in [-0.25, -0.2) is 0 Å². The fourth-order valence-corrected chi connectivity index (χ4v) is 2.18. The average Bonchev–Trinajstić information content (AvgIpc) is 2.95. The van der Waals surface area contributed by atoms with Gasteiger partial charge < -0.3 is 10.2 Å². The summed E-state index contributed by atoms with van der Waals surface area (Å²) in [5, 5.41) is 3.65. The maximum absolute atomic E-state index is 11.1. The van der Waals surface area contributed by atoms with Gasteiger partial charge in [0, 0.05) is 32.6 Å². The van der Waals surface area contributed by atoms with Crippen LogP contribution in [0, 0.1) is 5.41 Å². The fraction of sp³-hybridized carbons (Fsp3) is 0.917. The molecule has 1 aliphatic heterocycles. The number of rotatable bonds is 3. The van der Waals surface area contributed by atoms with E-state index in [-0.39, 0.29) is 5.91 Å². The molecule has 0 atom stereocenters. The Balaban J connectivity index is 1.67. The summed E-state index contributed by atoms with van der Waals surface area (Å²) in [5.41, 5.74) is 0.595. The van der Waals surface area contributed by atoms with Gasteiger partial charge in [-0.1, -0.05) is 6.92 Å². The maximum Gasteiger partial charge on any atom is 0.219 e. The van der Waals surface area contributed by atoms with Gasteiger partial charge in [0.1, 0.15) is 0 Å². The van der Waals surface area contributed by atoms with Crippen molar-refractivity contribution in [2.24, 2.45) is 5.41 Å². The summed E-state index contributed by atoms with van der Waals surface area (Å²) in [4.78, 5) is 13.1. The first kappa shape index (κ1) is 10.9. The molecule has 1 N–H and O–H groups in total. The van der Waals surface area contributed by atoms with Crippen molar-refractivity contribution >= 4 is 5.91 Å². The summed E-state index contributed by atoms with van der Waals surface area (Å²) >= 11 is 0. The first-order chi connectivity index (χ1) is 7.09. The number of nitrogens with zero attached hydrogens (tertiary/aromatic N) is 1. The Morgan fingerprint density at radius 3 is 2.47 bits per heavy atom. The topological polar surface area (TPSA) is 32.3 Å². The van der Waals surface area contributed by atoms with E-state index in [4.69, 9.17) is 0 Å². The summed E-state index contributed by atoms with van der Waals surface area (Å²) in [5.74, 6) is 0.225. The minimum absolute atomic E-state index is 0.225. The van der Waals surface area contributed by atoms with Gasteiger partial charge in [0.25, 0.3) is 0 Å². The first-order valence-corrected chi connectivity index (χ1v) is 6.08. The van der Waals surface area contributed by atoms with E-state index >= 15 is 0 Å². The number of hydrogen-bond acceptors (Lipinski definition) is 2. The quantitative estimate of drug-likeness (QED) is 0.763. The van der Waals surface area contributed by atoms with Crippen LogP contribution in [0.1, 0.15) is 39.5 Å². The molecule has 86 valence electrons. The van der Waals surface area contributed by atoms with Gasteiger partial charge in [0.2, 0.25) is 5.91 Å². The van der Waals surface area contributed by atoms with Crippen LogP contribution in [-0.2, 0) is 4.79 Å². The van der Waals surface area contributed by atoms with Crippen LogP contribution in [0.5, 0.6) is 0 Å². The molecule has 0 radical (unpaired) electrons. The molecule has 1 aliphatic carbocycles. The standard InChI is InChI=1S/C12H22N2O/c1-10(15)14-7-3-11(4-8-14)13-9-12(2)5-6-12/h11,13H,3-9H2,1-2H3. The highest BCUT2D eigenvalue weighted by Crippen LogP contribution is 2.44. The second-order valence-corrected chi connectivity index (χ2v) is 5.47. The molecule has 3 nitrogen and oxygen atoms in total. The van der Waals surface area contributed by atoms with E-state index in [2.05, 4.69) is 12.2 Å². The van der Waals surface area contributed by atoms with Crippen molar-refractivity contribution in [2.45, 2.75) is 45.6 Å². The number of carbonyl (C=O) groups is 1. The zero-order valence-electron chi connectivity index (χ0n) is 9.88. The summed E-state index contributed by atoms with van der Waals surface area (Å²) in [6.07, 6.45) is 5.00. The number of amides is 1. The van der Waals surface area contributed by atoms with Crippen LogP contribution in [0.15, 0.2) is 0 Å². The van der Waals surface area contributed by atoms with Crippen molar-refractivity contribution in [1.29, 1.82) is 0 Å². The Hall–Kier alpha value is -0.570. The molecular formula is C12H22N2O. The Bertz CT molecular complexity index is 240. The largest absolute Gasteiger partial charge is 0.343 e. The number of carbonyl (C=O) groups excluding carboxylic acids is 1. The van der Waals surface area contributed by atoms with Gasteiger partial charge in [0.15, 0.2) is 0 Å². The highest BCUT2D eigenvalue weighted by Gasteiger charge is 2.37. The molecule has 0 aromatic carbocycles. The summed E-state index contributed by atoms with van der Waals surface area (Å²) in [6.45, 7) is 7.05. The van der Waals surface area contributed by atoms with E-state index in [1.807, 2.05) is 4.90 Å². The van der Waals surface area contributed by atoms with Crippen LogP contribution >= 0.6 is 0 Å². The van der Waals surface area contributed by atoms with Crippen LogP contribution in [0.25, 0.3) is 0 Å². The predicted molar refractivity (Wildman–Crippen MR) is 60.6 cm³/mol. The van der Waals surface area contributed by atoms with Crippen LogP contribution in [0.2, 0.25) is 0 Å². The summed E-state index contributed by atoms with van der Waals surface area (Å²) in [6, 6.07) is 0.637. The van der Waals surface area contributed by atoms with Crippen LogP contribution < -0.4 is 5.32 Å². The molecular weight excluding hydrogens is 188 g/mol. The molecule has 0 aromatic rings. The number of piperidine rings is 1. The van der Waals surface area contributed by atoms with Gasteiger partial charge in [-0.3, -0.25) is 4.79 Å². The maximum atomic E-state index is 11.1. The number of hydrogen-bond donors (Lipinski definition) is 1. The molecule has 1 amide bonds. The molecule has 0 bridgehead atoms. The molecule has 2 rings (SSSR count). The van der Waals surface area contributed by atoms with E-state index in [1.165, 1.54) is 12.8 Å². The second kappa shape index (κ2) is 4.12. The van der Waals surface area contributed by atoms with Crippen molar-refractivity contribution < 1.29 is 4.79 Å². The van der Waals surface area contributed by atoms with Gasteiger partial charge >= 0.3 is 0 Å². The molecule has 3 heteroatoms. The van der Waals surface area contributed by atoms with E-state index in [1.54, 1.807) is 6.92 Å². The molecule has 1 saturated heterocycles. The van der Waals surface area contributed by atoms with Gasteiger partial charge in [-0.05, 0) is 31.1 Å². The van der Waals surface area contributed by atoms with Crippen molar-refractivity contribution in [3.8, 4) is 0 Å². The molecule has 15 heavy (non-hydrogen) atoms. The highest BCUT2D eigenvalue weighted by molar-refractivity contribution is 5.73. The molecule has 1 saturated carbocycles.